The van der Waals surface area contributed by atoms with Gasteiger partial charge in [-0.1, -0.05) is 38.1 Å². The lowest BCUT2D eigenvalue weighted by atomic mass is 10.1. The first-order valence-electron chi connectivity index (χ1n) is 8.34. The van der Waals surface area contributed by atoms with E-state index < -0.39 is 0 Å². The van der Waals surface area contributed by atoms with Crippen LogP contribution in [0.2, 0.25) is 0 Å². The van der Waals surface area contributed by atoms with Crippen LogP contribution in [0, 0.1) is 0 Å². The highest BCUT2D eigenvalue weighted by Crippen LogP contribution is 2.29. The second kappa shape index (κ2) is 8.96. The molecule has 1 aromatic heterocycles. The van der Waals surface area contributed by atoms with Gasteiger partial charge in [0, 0.05) is 18.0 Å². The Morgan fingerprint density at radius 2 is 1.72 bits per heavy atom. The van der Waals surface area contributed by atoms with Crippen molar-refractivity contribution in [3.63, 3.8) is 0 Å². The van der Waals surface area contributed by atoms with E-state index in [4.69, 9.17) is 10.8 Å². The number of aromatic nitrogens is 2. The Morgan fingerprint density at radius 1 is 1.04 bits per heavy atom. The van der Waals surface area contributed by atoms with Crippen LogP contribution in [0.5, 0.6) is 5.75 Å². The number of para-hydroxylation sites is 2. The zero-order valence-corrected chi connectivity index (χ0v) is 14.5. The van der Waals surface area contributed by atoms with Gasteiger partial charge in [-0.15, -0.1) is 0 Å². The SMILES string of the molecule is CC.NC(CO)CNc1nc(-c2ccccc2O)nc2ccccc12. The summed E-state index contributed by atoms with van der Waals surface area (Å²) in [4.78, 5) is 9.04. The second-order valence-corrected chi connectivity index (χ2v) is 5.25. The number of phenolic OH excluding ortho intramolecular Hbond substituents is 1. The molecule has 0 radical (unpaired) electrons. The van der Waals surface area contributed by atoms with Crippen LogP contribution in [0.3, 0.4) is 0 Å². The van der Waals surface area contributed by atoms with Crippen molar-refractivity contribution in [1.29, 1.82) is 0 Å². The minimum absolute atomic E-state index is 0.109. The lowest BCUT2D eigenvalue weighted by Crippen LogP contribution is -2.32. The molecule has 5 N–H and O–H groups in total. The highest BCUT2D eigenvalue weighted by molar-refractivity contribution is 5.90. The molecule has 0 bridgehead atoms. The topological polar surface area (TPSA) is 104 Å². The van der Waals surface area contributed by atoms with Gasteiger partial charge in [0.1, 0.15) is 11.6 Å². The summed E-state index contributed by atoms with van der Waals surface area (Å²) in [7, 11) is 0. The minimum Gasteiger partial charge on any atom is -0.507 e. The molecule has 132 valence electrons. The fourth-order valence-corrected chi connectivity index (χ4v) is 2.29. The van der Waals surface area contributed by atoms with Crippen molar-refractivity contribution >= 4 is 16.7 Å². The number of aliphatic hydroxyl groups excluding tert-OH is 1. The van der Waals surface area contributed by atoms with E-state index in [0.29, 0.717) is 23.8 Å². The number of rotatable bonds is 5. The largest absolute Gasteiger partial charge is 0.507 e. The van der Waals surface area contributed by atoms with E-state index in [1.807, 2.05) is 44.2 Å². The number of benzene rings is 2. The number of hydrogen-bond acceptors (Lipinski definition) is 6. The smallest absolute Gasteiger partial charge is 0.165 e. The molecule has 3 aromatic rings. The van der Waals surface area contributed by atoms with E-state index in [1.54, 1.807) is 18.2 Å². The van der Waals surface area contributed by atoms with Gasteiger partial charge in [-0.25, -0.2) is 9.97 Å². The van der Waals surface area contributed by atoms with Crippen molar-refractivity contribution < 1.29 is 10.2 Å². The van der Waals surface area contributed by atoms with Crippen molar-refractivity contribution in [2.24, 2.45) is 5.73 Å². The van der Waals surface area contributed by atoms with Gasteiger partial charge in [-0.3, -0.25) is 0 Å². The van der Waals surface area contributed by atoms with Crippen molar-refractivity contribution in [2.45, 2.75) is 19.9 Å². The fraction of sp³-hybridized carbons (Fsp3) is 0.263. The van der Waals surface area contributed by atoms with Crippen LogP contribution in [-0.2, 0) is 0 Å². The molecule has 0 aliphatic rings. The first-order chi connectivity index (χ1) is 12.2. The summed E-state index contributed by atoms with van der Waals surface area (Å²) in [6.07, 6.45) is 0. The van der Waals surface area contributed by atoms with Crippen LogP contribution >= 0.6 is 0 Å². The van der Waals surface area contributed by atoms with E-state index in [1.165, 1.54) is 0 Å². The quantitative estimate of drug-likeness (QED) is 0.569. The number of aromatic hydroxyl groups is 1. The molecule has 1 heterocycles. The summed E-state index contributed by atoms with van der Waals surface area (Å²) in [6.45, 7) is 4.28. The highest BCUT2D eigenvalue weighted by Gasteiger charge is 2.12. The minimum atomic E-state index is -0.377. The van der Waals surface area contributed by atoms with Crippen LogP contribution in [0.15, 0.2) is 48.5 Å². The average Bonchev–Trinajstić information content (AvgIpc) is 2.67. The van der Waals surface area contributed by atoms with Crippen LogP contribution in [0.4, 0.5) is 5.82 Å². The maximum absolute atomic E-state index is 10.0. The lowest BCUT2D eigenvalue weighted by Gasteiger charge is -2.14. The Kier molecular flexibility index (Phi) is 6.68. The van der Waals surface area contributed by atoms with E-state index in [2.05, 4.69) is 15.3 Å². The average molecular weight is 340 g/mol. The van der Waals surface area contributed by atoms with E-state index in [0.717, 1.165) is 10.9 Å². The normalized spacial score (nSPS) is 11.5. The number of phenols is 1. The highest BCUT2D eigenvalue weighted by atomic mass is 16.3. The molecular formula is C19H24N4O2. The number of hydrogen-bond donors (Lipinski definition) is 4. The zero-order valence-electron chi connectivity index (χ0n) is 14.5. The van der Waals surface area contributed by atoms with Crippen LogP contribution in [-0.4, -0.2) is 39.4 Å². The van der Waals surface area contributed by atoms with Gasteiger partial charge in [-0.2, -0.15) is 0 Å². The van der Waals surface area contributed by atoms with Crippen molar-refractivity contribution in [2.75, 3.05) is 18.5 Å². The first-order valence-corrected chi connectivity index (χ1v) is 8.34. The number of nitrogens with two attached hydrogens (primary N) is 1. The fourth-order valence-electron chi connectivity index (χ4n) is 2.29. The molecule has 0 fully saturated rings. The van der Waals surface area contributed by atoms with Crippen LogP contribution < -0.4 is 11.1 Å². The van der Waals surface area contributed by atoms with Crippen molar-refractivity contribution in [3.05, 3.63) is 48.5 Å². The molecule has 0 aliphatic carbocycles. The Hall–Kier alpha value is -2.70. The van der Waals surface area contributed by atoms with E-state index >= 15 is 0 Å². The molecule has 25 heavy (non-hydrogen) atoms. The molecule has 6 heteroatoms. The molecule has 6 nitrogen and oxygen atoms in total. The summed E-state index contributed by atoms with van der Waals surface area (Å²) in [5.41, 5.74) is 7.07. The monoisotopic (exact) mass is 340 g/mol. The predicted octanol–water partition coefficient (Wildman–Crippen LogP) is 2.76. The molecule has 3 rings (SSSR count). The zero-order chi connectivity index (χ0) is 18.2. The third-order valence-electron chi connectivity index (χ3n) is 3.51. The second-order valence-electron chi connectivity index (χ2n) is 5.25. The Morgan fingerprint density at radius 3 is 2.44 bits per heavy atom. The van der Waals surface area contributed by atoms with Crippen LogP contribution in [0.1, 0.15) is 13.8 Å². The molecular weight excluding hydrogens is 316 g/mol. The number of nitrogens with zero attached hydrogens (tertiary/aromatic N) is 2. The lowest BCUT2D eigenvalue weighted by molar-refractivity contribution is 0.270. The molecule has 0 spiro atoms. The van der Waals surface area contributed by atoms with Gasteiger partial charge in [0.25, 0.3) is 0 Å². The molecule has 0 saturated carbocycles. The number of nitrogens with one attached hydrogen (secondary N) is 1. The molecule has 0 aliphatic heterocycles. The van der Waals surface area contributed by atoms with Crippen molar-refractivity contribution in [1.82, 2.24) is 9.97 Å². The number of anilines is 1. The molecule has 2 aromatic carbocycles. The summed E-state index contributed by atoms with van der Waals surface area (Å²) in [5.74, 6) is 1.18. The van der Waals surface area contributed by atoms with Crippen LogP contribution in [0.25, 0.3) is 22.3 Å². The van der Waals surface area contributed by atoms with Crippen molar-refractivity contribution in [3.8, 4) is 17.1 Å². The Balaban J connectivity index is 0.00000109. The maximum Gasteiger partial charge on any atom is 0.165 e. The number of aliphatic hydroxyl groups is 1. The van der Waals surface area contributed by atoms with Gasteiger partial charge < -0.3 is 21.3 Å². The summed E-state index contributed by atoms with van der Waals surface area (Å²) in [5, 5.41) is 23.1. The van der Waals surface area contributed by atoms with E-state index in [9.17, 15) is 5.11 Å². The van der Waals surface area contributed by atoms with Gasteiger partial charge in [0.15, 0.2) is 5.82 Å². The van der Waals surface area contributed by atoms with Gasteiger partial charge in [-0.05, 0) is 24.3 Å². The summed E-state index contributed by atoms with van der Waals surface area (Å²) < 4.78 is 0. The van der Waals surface area contributed by atoms with Gasteiger partial charge in [0.2, 0.25) is 0 Å². The van der Waals surface area contributed by atoms with Gasteiger partial charge >= 0.3 is 0 Å². The Labute approximate surface area is 147 Å². The standard InChI is InChI=1S/C17H18N4O2.C2H6/c18-11(10-22)9-19-16-12-5-1-3-7-14(12)20-17(21-16)13-6-2-4-8-15(13)23;1-2/h1-8,11,22-23H,9-10,18H2,(H,19,20,21);1-2H3. The number of fused-ring (bicyclic) bond motifs is 1. The third kappa shape index (κ3) is 4.43. The summed E-state index contributed by atoms with van der Waals surface area (Å²) >= 11 is 0. The van der Waals surface area contributed by atoms with E-state index in [-0.39, 0.29) is 18.4 Å². The van der Waals surface area contributed by atoms with Gasteiger partial charge in [0.05, 0.1) is 17.7 Å². The molecule has 0 amide bonds. The molecule has 1 atom stereocenters. The third-order valence-corrected chi connectivity index (χ3v) is 3.51. The molecule has 1 unspecified atom stereocenters. The Bertz CT molecular complexity index is 823. The summed E-state index contributed by atoms with van der Waals surface area (Å²) in [6, 6.07) is 14.2. The first kappa shape index (κ1) is 18.6. The maximum atomic E-state index is 10.0. The molecule has 0 saturated heterocycles. The predicted molar refractivity (Wildman–Crippen MR) is 102 cm³/mol.